The maximum atomic E-state index is 12.4. The Hall–Kier alpha value is -1.69. The molecule has 1 aliphatic heterocycles. The number of nitrogens with one attached hydrogen (secondary N) is 1. The minimum Gasteiger partial charge on any atom is -0.481 e. The number of carbonyl (C=O) groups is 2. The van der Waals surface area contributed by atoms with Crippen LogP contribution in [0.3, 0.4) is 0 Å². The van der Waals surface area contributed by atoms with Crippen LogP contribution in [0.25, 0.3) is 0 Å². The van der Waals surface area contributed by atoms with Gasteiger partial charge in [0.15, 0.2) is 0 Å². The van der Waals surface area contributed by atoms with E-state index in [4.69, 9.17) is 0 Å². The molecule has 0 bridgehead atoms. The lowest BCUT2D eigenvalue weighted by Gasteiger charge is -2.20. The summed E-state index contributed by atoms with van der Waals surface area (Å²) in [4.78, 5) is 25.3. The Bertz CT molecular complexity index is 645. The third-order valence-corrected chi connectivity index (χ3v) is 6.69. The highest BCUT2D eigenvalue weighted by Gasteiger charge is 2.42. The van der Waals surface area contributed by atoms with Gasteiger partial charge < -0.3 is 15.3 Å². The first-order valence-electron chi connectivity index (χ1n) is 8.96. The second kappa shape index (κ2) is 7.68. The van der Waals surface area contributed by atoms with Gasteiger partial charge in [0.25, 0.3) is 0 Å². The van der Waals surface area contributed by atoms with Gasteiger partial charge in [-0.15, -0.1) is 0 Å². The molecular weight excluding hydrogens is 336 g/mol. The summed E-state index contributed by atoms with van der Waals surface area (Å²) < 4.78 is 0. The smallest absolute Gasteiger partial charge is 0.321 e. The lowest BCUT2D eigenvalue weighted by molar-refractivity contribution is -0.146. The zero-order valence-corrected chi connectivity index (χ0v) is 15.5. The molecule has 0 radical (unpaired) electrons. The van der Waals surface area contributed by atoms with E-state index < -0.39 is 11.4 Å². The number of benzene rings is 1. The summed E-state index contributed by atoms with van der Waals surface area (Å²) >= 11 is 2.00. The van der Waals surface area contributed by atoms with E-state index in [9.17, 15) is 14.7 Å². The van der Waals surface area contributed by atoms with E-state index in [1.54, 1.807) is 11.8 Å². The first kappa shape index (κ1) is 18.1. The van der Waals surface area contributed by atoms with Gasteiger partial charge in [0.2, 0.25) is 0 Å². The molecule has 1 aliphatic carbocycles. The van der Waals surface area contributed by atoms with Gasteiger partial charge >= 0.3 is 12.0 Å². The number of urea groups is 1. The molecule has 1 saturated carbocycles. The van der Waals surface area contributed by atoms with Crippen molar-refractivity contribution in [3.8, 4) is 0 Å². The zero-order chi connectivity index (χ0) is 17.9. The van der Waals surface area contributed by atoms with Gasteiger partial charge in [0.1, 0.15) is 0 Å². The van der Waals surface area contributed by atoms with Crippen LogP contribution < -0.4 is 5.32 Å². The predicted molar refractivity (Wildman–Crippen MR) is 101 cm³/mol. The second-order valence-electron chi connectivity index (χ2n) is 7.39. The average molecular weight is 362 g/mol. The molecule has 6 heteroatoms. The van der Waals surface area contributed by atoms with Crippen LogP contribution in [0.5, 0.6) is 0 Å². The average Bonchev–Trinajstić information content (AvgIpc) is 3.23. The first-order valence-corrected chi connectivity index (χ1v) is 10.0. The number of carboxylic acids is 1. The van der Waals surface area contributed by atoms with E-state index in [-0.39, 0.29) is 12.6 Å². The standard InChI is InChI=1S/C19H26N2O3S/c1-19(17(22)23)9-10-21(13-19)18(24)20-15-6-4-5-14(11-15)12-25-16-7-2-3-8-16/h4-6,11,16H,2-3,7-10,12-13H2,1H3,(H,20,24)(H,22,23). The van der Waals surface area contributed by atoms with E-state index in [0.717, 1.165) is 16.7 Å². The Balaban J connectivity index is 1.54. The molecule has 136 valence electrons. The molecule has 2 N–H and O–H groups in total. The largest absolute Gasteiger partial charge is 0.481 e. The van der Waals surface area contributed by atoms with Crippen molar-refractivity contribution in [1.29, 1.82) is 0 Å². The fourth-order valence-corrected chi connectivity index (χ4v) is 4.79. The third-order valence-electron chi connectivity index (χ3n) is 5.24. The highest BCUT2D eigenvalue weighted by Crippen LogP contribution is 2.32. The van der Waals surface area contributed by atoms with Crippen molar-refractivity contribution in [2.45, 2.75) is 50.0 Å². The second-order valence-corrected chi connectivity index (χ2v) is 8.67. The van der Waals surface area contributed by atoms with E-state index >= 15 is 0 Å². The van der Waals surface area contributed by atoms with Crippen LogP contribution in [0.4, 0.5) is 10.5 Å². The molecule has 5 nitrogen and oxygen atoms in total. The summed E-state index contributed by atoms with van der Waals surface area (Å²) in [6.07, 6.45) is 5.82. The van der Waals surface area contributed by atoms with Crippen LogP contribution in [0.1, 0.15) is 44.6 Å². The summed E-state index contributed by atoms with van der Waals surface area (Å²) in [5.74, 6) is 0.128. The van der Waals surface area contributed by atoms with Crippen molar-refractivity contribution in [2.24, 2.45) is 5.41 Å². The monoisotopic (exact) mass is 362 g/mol. The number of anilines is 1. The van der Waals surface area contributed by atoms with Gasteiger partial charge in [-0.25, -0.2) is 4.79 Å². The molecule has 25 heavy (non-hydrogen) atoms. The number of hydrogen-bond acceptors (Lipinski definition) is 3. The Morgan fingerprint density at radius 3 is 2.80 bits per heavy atom. The van der Waals surface area contributed by atoms with Gasteiger partial charge in [0, 0.05) is 29.8 Å². The molecular formula is C19H26N2O3S. The summed E-state index contributed by atoms with van der Waals surface area (Å²) in [6, 6.07) is 7.74. The minimum atomic E-state index is -0.839. The normalized spacial score (nSPS) is 23.8. The molecule has 1 unspecified atom stereocenters. The van der Waals surface area contributed by atoms with Crippen molar-refractivity contribution >= 4 is 29.4 Å². The van der Waals surface area contributed by atoms with Gasteiger partial charge in [-0.2, -0.15) is 11.8 Å². The molecule has 0 spiro atoms. The van der Waals surface area contributed by atoms with Crippen LogP contribution in [0.2, 0.25) is 0 Å². The Morgan fingerprint density at radius 1 is 1.36 bits per heavy atom. The van der Waals surface area contributed by atoms with Crippen molar-refractivity contribution in [1.82, 2.24) is 4.90 Å². The number of rotatable bonds is 5. The van der Waals surface area contributed by atoms with Crippen LogP contribution in [0, 0.1) is 5.41 Å². The maximum absolute atomic E-state index is 12.4. The van der Waals surface area contributed by atoms with Crippen LogP contribution in [-0.4, -0.2) is 40.3 Å². The molecule has 2 amide bonds. The summed E-state index contributed by atoms with van der Waals surface area (Å²) in [7, 11) is 0. The number of amides is 2. The molecule has 1 saturated heterocycles. The van der Waals surface area contributed by atoms with Crippen molar-refractivity contribution < 1.29 is 14.7 Å². The summed E-state index contributed by atoms with van der Waals surface area (Å²) in [5, 5.41) is 13.0. The molecule has 1 aromatic rings. The van der Waals surface area contributed by atoms with Crippen LogP contribution in [0.15, 0.2) is 24.3 Å². The highest BCUT2D eigenvalue weighted by atomic mass is 32.2. The van der Waals surface area contributed by atoms with Crippen LogP contribution >= 0.6 is 11.8 Å². The van der Waals surface area contributed by atoms with Gasteiger partial charge in [-0.1, -0.05) is 25.0 Å². The number of hydrogen-bond donors (Lipinski definition) is 2. The molecule has 1 aromatic carbocycles. The van der Waals surface area contributed by atoms with E-state index in [1.165, 1.54) is 31.2 Å². The first-order chi connectivity index (χ1) is 12.0. The molecule has 1 atom stereocenters. The van der Waals surface area contributed by atoms with Crippen molar-refractivity contribution in [2.75, 3.05) is 18.4 Å². The molecule has 0 aromatic heterocycles. The van der Waals surface area contributed by atoms with Gasteiger partial charge in [-0.3, -0.25) is 4.79 Å². The van der Waals surface area contributed by atoms with E-state index in [0.29, 0.717) is 13.0 Å². The van der Waals surface area contributed by atoms with E-state index in [2.05, 4.69) is 11.4 Å². The number of thioether (sulfide) groups is 1. The van der Waals surface area contributed by atoms with Gasteiger partial charge in [0.05, 0.1) is 5.41 Å². The van der Waals surface area contributed by atoms with Crippen LogP contribution in [-0.2, 0) is 10.5 Å². The number of aliphatic carboxylic acids is 1. The number of carbonyl (C=O) groups excluding carboxylic acids is 1. The summed E-state index contributed by atoms with van der Waals surface area (Å²) in [6.45, 7) is 2.43. The zero-order valence-electron chi connectivity index (χ0n) is 14.7. The molecule has 3 rings (SSSR count). The quantitative estimate of drug-likeness (QED) is 0.824. The fraction of sp³-hybridized carbons (Fsp3) is 0.579. The Kier molecular flexibility index (Phi) is 5.57. The molecule has 2 aliphatic rings. The maximum Gasteiger partial charge on any atom is 0.321 e. The van der Waals surface area contributed by atoms with Crippen molar-refractivity contribution in [3.63, 3.8) is 0 Å². The lowest BCUT2D eigenvalue weighted by atomic mass is 9.90. The van der Waals surface area contributed by atoms with Gasteiger partial charge in [-0.05, 0) is 43.9 Å². The van der Waals surface area contributed by atoms with Crippen molar-refractivity contribution in [3.05, 3.63) is 29.8 Å². The SMILES string of the molecule is CC1(C(=O)O)CCN(C(=O)Nc2cccc(CSC3CCCC3)c2)C1. The number of likely N-dealkylation sites (tertiary alicyclic amines) is 1. The minimum absolute atomic E-state index is 0.217. The summed E-state index contributed by atoms with van der Waals surface area (Å²) in [5.41, 5.74) is 1.15. The lowest BCUT2D eigenvalue weighted by Crippen LogP contribution is -2.37. The number of nitrogens with zero attached hydrogens (tertiary/aromatic N) is 1. The Labute approximate surface area is 153 Å². The third kappa shape index (κ3) is 4.48. The van der Waals surface area contributed by atoms with E-state index in [1.807, 2.05) is 30.0 Å². The molecule has 1 heterocycles. The fourth-order valence-electron chi connectivity index (χ4n) is 3.52. The topological polar surface area (TPSA) is 69.6 Å². The highest BCUT2D eigenvalue weighted by molar-refractivity contribution is 7.99. The predicted octanol–water partition coefficient (Wildman–Crippen LogP) is 4.19. The Morgan fingerprint density at radius 2 is 2.12 bits per heavy atom. The number of carboxylic acid groups (broad SMARTS) is 1. The molecule has 2 fully saturated rings.